The molecule has 8 rings (SSSR count). The second kappa shape index (κ2) is 18.2. The Labute approximate surface area is 364 Å². The number of carbonyl (C=O) groups excluding carboxylic acids is 2. The molecule has 2 amide bonds. The molecule has 1 spiro atoms. The molecule has 326 valence electrons. The van der Waals surface area contributed by atoms with Gasteiger partial charge in [-0.1, -0.05) is 72.8 Å². The number of benzene rings is 4. The second-order valence-corrected chi connectivity index (χ2v) is 21.3. The molecule has 6 atom stereocenters. The Morgan fingerprint density at radius 3 is 2.42 bits per heavy atom. The number of amides is 2. The van der Waals surface area contributed by atoms with Gasteiger partial charge >= 0.3 is 0 Å². The van der Waals surface area contributed by atoms with E-state index in [4.69, 9.17) is 9.47 Å². The number of rotatable bonds is 17. The van der Waals surface area contributed by atoms with Crippen molar-refractivity contribution in [3.05, 3.63) is 131 Å². The number of hydrogen-bond donors (Lipinski definition) is 4. The number of nitrogens with one attached hydrogen (secondary N) is 1. The Hall–Kier alpha value is -5.22. The third-order valence-electron chi connectivity index (χ3n) is 12.9. The standard InChI is InChI=1S/C48H58N6O7Si/c1-5-60-37-19-21-42-35(26-37)27-40(49-23-12-13-25-55)46(57)54(42)36-18-20-43-39(28-36)48(47(58)53(43)29-33-14-8-6-9-15-33)32(2)45(62(3,4)59)44(61-48)22-24-52-30-41(50-51-52)38(31-56)34-16-10-7-11-17-34/h6-11,14-21,26,28,30,32,38,40,44-45,49,55-56,59H,5,12-13,22-25,27,29,31H2,1-4H3/t32-,38?,40?,44+,45-,48+/m1/s1. The Balaban J connectivity index is 1.18. The average Bonchev–Trinajstić information content (AvgIpc) is 3.92. The molecule has 0 aliphatic carbocycles. The minimum absolute atomic E-state index is 0.0865. The van der Waals surface area contributed by atoms with Gasteiger partial charge in [-0.3, -0.25) is 19.2 Å². The van der Waals surface area contributed by atoms with Crippen molar-refractivity contribution in [2.24, 2.45) is 5.92 Å². The van der Waals surface area contributed by atoms with E-state index < -0.39 is 32.0 Å². The number of unbranched alkanes of at least 4 members (excludes halogenated alkanes) is 1. The number of aromatic nitrogens is 3. The van der Waals surface area contributed by atoms with E-state index >= 15 is 4.79 Å². The first kappa shape index (κ1) is 43.4. The van der Waals surface area contributed by atoms with Gasteiger partial charge in [-0.05, 0) is 105 Å². The summed E-state index contributed by atoms with van der Waals surface area (Å²) in [4.78, 5) is 45.6. The molecule has 0 radical (unpaired) electrons. The number of fused-ring (bicyclic) bond motifs is 3. The van der Waals surface area contributed by atoms with Crippen LogP contribution in [0.25, 0.3) is 0 Å². The lowest BCUT2D eigenvalue weighted by atomic mass is 9.82. The molecule has 0 bridgehead atoms. The highest BCUT2D eigenvalue weighted by Crippen LogP contribution is 2.60. The summed E-state index contributed by atoms with van der Waals surface area (Å²) in [5, 5.41) is 32.0. The zero-order chi connectivity index (χ0) is 43.6. The molecule has 5 aromatic rings. The summed E-state index contributed by atoms with van der Waals surface area (Å²) in [6, 6.07) is 30.7. The number of anilines is 3. The van der Waals surface area contributed by atoms with Crippen LogP contribution in [0, 0.1) is 5.92 Å². The van der Waals surface area contributed by atoms with Crippen LogP contribution in [-0.2, 0) is 39.4 Å². The van der Waals surface area contributed by atoms with Gasteiger partial charge in [0.05, 0.1) is 54.9 Å². The van der Waals surface area contributed by atoms with Gasteiger partial charge in [0.1, 0.15) is 5.75 Å². The van der Waals surface area contributed by atoms with Crippen LogP contribution in [0.1, 0.15) is 67.0 Å². The lowest BCUT2D eigenvalue weighted by Crippen LogP contribution is -2.49. The smallest absolute Gasteiger partial charge is 0.264 e. The highest BCUT2D eigenvalue weighted by Gasteiger charge is 2.66. The largest absolute Gasteiger partial charge is 0.494 e. The number of aryl methyl sites for hydroxylation is 1. The van der Waals surface area contributed by atoms with Gasteiger partial charge in [0.15, 0.2) is 13.9 Å². The van der Waals surface area contributed by atoms with E-state index in [-0.39, 0.29) is 36.5 Å². The van der Waals surface area contributed by atoms with Gasteiger partial charge in [0, 0.05) is 42.1 Å². The summed E-state index contributed by atoms with van der Waals surface area (Å²) in [7, 11) is -3.01. The van der Waals surface area contributed by atoms with Gasteiger partial charge in [-0.2, -0.15) is 0 Å². The first-order chi connectivity index (χ1) is 30.0. The van der Waals surface area contributed by atoms with Crippen LogP contribution >= 0.6 is 0 Å². The minimum Gasteiger partial charge on any atom is -0.494 e. The molecular formula is C48H58N6O7Si. The maximum absolute atomic E-state index is 15.4. The van der Waals surface area contributed by atoms with Gasteiger partial charge in [0.25, 0.3) is 5.91 Å². The third-order valence-corrected chi connectivity index (χ3v) is 15.4. The number of aliphatic hydroxyl groups excluding tert-OH is 2. The number of nitrogens with zero attached hydrogens (tertiary/aromatic N) is 5. The molecule has 1 saturated heterocycles. The minimum atomic E-state index is -3.01. The summed E-state index contributed by atoms with van der Waals surface area (Å²) in [6.07, 6.45) is 3.63. The molecule has 4 aromatic carbocycles. The molecule has 4 N–H and O–H groups in total. The molecule has 0 saturated carbocycles. The predicted octanol–water partition coefficient (Wildman–Crippen LogP) is 6.19. The maximum Gasteiger partial charge on any atom is 0.264 e. The van der Waals surface area contributed by atoms with Crippen LogP contribution in [0.15, 0.2) is 103 Å². The van der Waals surface area contributed by atoms with Crippen LogP contribution in [0.5, 0.6) is 5.75 Å². The summed E-state index contributed by atoms with van der Waals surface area (Å²) in [5.74, 6) is -0.342. The van der Waals surface area contributed by atoms with Crippen molar-refractivity contribution >= 4 is 37.2 Å². The van der Waals surface area contributed by atoms with Crippen LogP contribution in [0.2, 0.25) is 18.6 Å². The molecule has 1 fully saturated rings. The molecule has 4 heterocycles. The fraction of sp³-hybridized carbons (Fsp3) is 0.417. The van der Waals surface area contributed by atoms with E-state index in [9.17, 15) is 19.8 Å². The molecule has 3 aliphatic heterocycles. The highest BCUT2D eigenvalue weighted by molar-refractivity contribution is 6.71. The molecule has 2 unspecified atom stereocenters. The Kier molecular flexibility index (Phi) is 12.8. The SMILES string of the molecule is CCOc1ccc2c(c1)CC(NCCCCO)C(=O)N2c1ccc2c(c1)[C@]1(O[C@@H](CCn3cc(C(CO)c4ccccc4)nn3)[C@H]([Si](C)(C)O)[C@H]1C)C(=O)N2Cc1ccccc1. The molecule has 3 aliphatic rings. The molecule has 1 aromatic heterocycles. The van der Waals surface area contributed by atoms with Crippen molar-refractivity contribution < 1.29 is 34.1 Å². The summed E-state index contributed by atoms with van der Waals surface area (Å²) in [5.41, 5.74) is 4.46. The molecule has 62 heavy (non-hydrogen) atoms. The van der Waals surface area contributed by atoms with Crippen molar-refractivity contribution in [2.75, 3.05) is 36.2 Å². The van der Waals surface area contributed by atoms with Gasteiger partial charge in [0.2, 0.25) is 5.91 Å². The first-order valence-electron chi connectivity index (χ1n) is 21.9. The van der Waals surface area contributed by atoms with E-state index in [0.717, 1.165) is 34.5 Å². The molecule has 13 nitrogen and oxygen atoms in total. The van der Waals surface area contributed by atoms with E-state index in [0.29, 0.717) is 68.1 Å². The number of ether oxygens (including phenoxy) is 2. The van der Waals surface area contributed by atoms with E-state index in [1.54, 1.807) is 14.5 Å². The van der Waals surface area contributed by atoms with Crippen LogP contribution in [0.3, 0.4) is 0 Å². The molecular weight excluding hydrogens is 801 g/mol. The number of aliphatic hydroxyl groups is 2. The predicted molar refractivity (Wildman–Crippen MR) is 240 cm³/mol. The second-order valence-electron chi connectivity index (χ2n) is 17.3. The highest BCUT2D eigenvalue weighted by atomic mass is 28.4. The van der Waals surface area contributed by atoms with Crippen molar-refractivity contribution in [1.29, 1.82) is 0 Å². The van der Waals surface area contributed by atoms with Gasteiger partial charge in [-0.15, -0.1) is 5.10 Å². The first-order valence-corrected chi connectivity index (χ1v) is 24.9. The topological polar surface area (TPSA) is 163 Å². The van der Waals surface area contributed by atoms with Crippen molar-refractivity contribution in [3.63, 3.8) is 0 Å². The normalized spacial score (nSPS) is 22.6. The summed E-state index contributed by atoms with van der Waals surface area (Å²) < 4.78 is 14.9. The summed E-state index contributed by atoms with van der Waals surface area (Å²) >= 11 is 0. The quantitative estimate of drug-likeness (QED) is 0.0627. The number of carbonyl (C=O) groups is 2. The monoisotopic (exact) mass is 858 g/mol. The Bertz CT molecular complexity index is 2360. The van der Waals surface area contributed by atoms with Gasteiger partial charge < -0.3 is 34.7 Å². The average molecular weight is 859 g/mol. The van der Waals surface area contributed by atoms with E-state index in [1.807, 2.05) is 130 Å². The lowest BCUT2D eigenvalue weighted by Gasteiger charge is -2.36. The van der Waals surface area contributed by atoms with Crippen molar-refractivity contribution in [2.45, 2.75) is 94.9 Å². The fourth-order valence-electron chi connectivity index (χ4n) is 10.0. The van der Waals surface area contributed by atoms with E-state index in [1.165, 1.54) is 0 Å². The van der Waals surface area contributed by atoms with E-state index in [2.05, 4.69) is 15.6 Å². The Morgan fingerprint density at radius 2 is 1.71 bits per heavy atom. The zero-order valence-electron chi connectivity index (χ0n) is 36.0. The fourth-order valence-corrected chi connectivity index (χ4v) is 12.6. The van der Waals surface area contributed by atoms with Crippen LogP contribution < -0.4 is 19.9 Å². The Morgan fingerprint density at radius 1 is 0.968 bits per heavy atom. The number of hydrogen-bond acceptors (Lipinski definition) is 10. The maximum atomic E-state index is 15.4. The van der Waals surface area contributed by atoms with Crippen LogP contribution in [0.4, 0.5) is 17.1 Å². The molecule has 14 heteroatoms. The van der Waals surface area contributed by atoms with Crippen molar-refractivity contribution in [1.82, 2.24) is 20.3 Å². The van der Waals surface area contributed by atoms with Crippen molar-refractivity contribution in [3.8, 4) is 5.75 Å². The summed E-state index contributed by atoms with van der Waals surface area (Å²) in [6.45, 7) is 9.58. The third kappa shape index (κ3) is 8.23. The van der Waals surface area contributed by atoms with Gasteiger partial charge in [-0.25, -0.2) is 0 Å². The van der Waals surface area contributed by atoms with Crippen LogP contribution in [-0.4, -0.2) is 88.6 Å². The lowest BCUT2D eigenvalue weighted by molar-refractivity contribution is -0.146. The zero-order valence-corrected chi connectivity index (χ0v) is 37.0.